The standard InChI is InChI=1S/C14H27N3O3/c1-5-12(6-2)10-17(7-3)14(20)9-16-13(19)8-15-11(4)18/h12H,5-10H2,1-4H3,(H,15,18)(H,16,19). The van der Waals surface area contributed by atoms with Crippen LogP contribution in [0.1, 0.15) is 40.5 Å². The van der Waals surface area contributed by atoms with E-state index in [0.717, 1.165) is 19.4 Å². The number of amides is 3. The van der Waals surface area contributed by atoms with Crippen LogP contribution in [0.3, 0.4) is 0 Å². The van der Waals surface area contributed by atoms with Crippen molar-refractivity contribution in [1.29, 1.82) is 0 Å². The minimum atomic E-state index is -0.355. The van der Waals surface area contributed by atoms with Gasteiger partial charge >= 0.3 is 0 Å². The van der Waals surface area contributed by atoms with Crippen LogP contribution in [0.15, 0.2) is 0 Å². The molecular weight excluding hydrogens is 258 g/mol. The van der Waals surface area contributed by atoms with Gasteiger partial charge in [-0.15, -0.1) is 0 Å². The molecule has 0 aromatic heterocycles. The lowest BCUT2D eigenvalue weighted by Crippen LogP contribution is -2.44. The zero-order valence-corrected chi connectivity index (χ0v) is 13.0. The maximum Gasteiger partial charge on any atom is 0.241 e. The fourth-order valence-corrected chi connectivity index (χ4v) is 1.82. The number of hydrogen-bond donors (Lipinski definition) is 2. The number of carbonyl (C=O) groups is 3. The highest BCUT2D eigenvalue weighted by atomic mass is 16.2. The highest BCUT2D eigenvalue weighted by Crippen LogP contribution is 2.09. The van der Waals surface area contributed by atoms with Gasteiger partial charge in [0.25, 0.3) is 0 Å². The molecule has 0 aromatic carbocycles. The van der Waals surface area contributed by atoms with Crippen LogP contribution >= 0.6 is 0 Å². The Morgan fingerprint density at radius 3 is 2.05 bits per heavy atom. The second kappa shape index (κ2) is 10.2. The van der Waals surface area contributed by atoms with Crippen LogP contribution in [0.4, 0.5) is 0 Å². The van der Waals surface area contributed by atoms with E-state index < -0.39 is 0 Å². The van der Waals surface area contributed by atoms with Gasteiger partial charge in [0.15, 0.2) is 0 Å². The summed E-state index contributed by atoms with van der Waals surface area (Å²) in [4.78, 5) is 35.8. The van der Waals surface area contributed by atoms with Crippen molar-refractivity contribution in [1.82, 2.24) is 15.5 Å². The number of nitrogens with zero attached hydrogens (tertiary/aromatic N) is 1. The Hall–Kier alpha value is -1.59. The van der Waals surface area contributed by atoms with Gasteiger partial charge in [0.05, 0.1) is 13.1 Å². The molecule has 0 unspecified atom stereocenters. The molecule has 0 aromatic rings. The maximum absolute atomic E-state index is 12.0. The number of nitrogens with one attached hydrogen (secondary N) is 2. The lowest BCUT2D eigenvalue weighted by Gasteiger charge is -2.25. The van der Waals surface area contributed by atoms with Crippen molar-refractivity contribution in [3.63, 3.8) is 0 Å². The van der Waals surface area contributed by atoms with Crippen LogP contribution < -0.4 is 10.6 Å². The highest BCUT2D eigenvalue weighted by Gasteiger charge is 2.16. The van der Waals surface area contributed by atoms with Gasteiger partial charge in [-0.05, 0) is 12.8 Å². The summed E-state index contributed by atoms with van der Waals surface area (Å²) in [5.41, 5.74) is 0. The molecule has 0 radical (unpaired) electrons. The van der Waals surface area contributed by atoms with Crippen LogP contribution in [-0.2, 0) is 14.4 Å². The van der Waals surface area contributed by atoms with Gasteiger partial charge in [0.1, 0.15) is 0 Å². The summed E-state index contributed by atoms with van der Waals surface area (Å²) < 4.78 is 0. The topological polar surface area (TPSA) is 78.5 Å². The molecule has 0 fully saturated rings. The number of carbonyl (C=O) groups excluding carboxylic acids is 3. The molecule has 0 saturated heterocycles. The minimum absolute atomic E-state index is 0.0214. The molecule has 0 aliphatic carbocycles. The summed E-state index contributed by atoms with van der Waals surface area (Å²) in [6.45, 7) is 8.74. The molecule has 6 nitrogen and oxygen atoms in total. The average molecular weight is 285 g/mol. The van der Waals surface area contributed by atoms with Gasteiger partial charge in [0.2, 0.25) is 17.7 Å². The first-order valence-corrected chi connectivity index (χ1v) is 7.23. The van der Waals surface area contributed by atoms with Crippen molar-refractivity contribution in [2.24, 2.45) is 5.92 Å². The van der Waals surface area contributed by atoms with E-state index in [9.17, 15) is 14.4 Å². The SMILES string of the molecule is CCC(CC)CN(CC)C(=O)CNC(=O)CNC(C)=O. The third-order valence-corrected chi connectivity index (χ3v) is 3.30. The molecule has 0 rings (SSSR count). The molecule has 0 spiro atoms. The average Bonchev–Trinajstić information content (AvgIpc) is 2.43. The smallest absolute Gasteiger partial charge is 0.241 e. The molecule has 20 heavy (non-hydrogen) atoms. The first kappa shape index (κ1) is 18.4. The maximum atomic E-state index is 12.0. The van der Waals surface area contributed by atoms with Gasteiger partial charge < -0.3 is 15.5 Å². The lowest BCUT2D eigenvalue weighted by atomic mass is 10.0. The van der Waals surface area contributed by atoms with Crippen LogP contribution in [-0.4, -0.2) is 48.8 Å². The van der Waals surface area contributed by atoms with Crippen molar-refractivity contribution in [3.8, 4) is 0 Å². The minimum Gasteiger partial charge on any atom is -0.347 e. The predicted octanol–water partition coefficient (Wildman–Crippen LogP) is 0.523. The van der Waals surface area contributed by atoms with Crippen LogP contribution in [0.2, 0.25) is 0 Å². The molecule has 0 heterocycles. The van der Waals surface area contributed by atoms with Crippen molar-refractivity contribution in [3.05, 3.63) is 0 Å². The van der Waals surface area contributed by atoms with E-state index in [2.05, 4.69) is 24.5 Å². The molecule has 0 aliphatic rings. The number of rotatable bonds is 9. The van der Waals surface area contributed by atoms with Gasteiger partial charge in [-0.1, -0.05) is 26.7 Å². The molecule has 2 N–H and O–H groups in total. The number of likely N-dealkylation sites (N-methyl/N-ethyl adjacent to an activating group) is 1. The van der Waals surface area contributed by atoms with E-state index in [1.807, 2.05) is 6.92 Å². The monoisotopic (exact) mass is 285 g/mol. The van der Waals surface area contributed by atoms with E-state index in [-0.39, 0.29) is 30.8 Å². The van der Waals surface area contributed by atoms with Gasteiger partial charge in [-0.2, -0.15) is 0 Å². The molecule has 6 heteroatoms. The first-order chi connectivity index (χ1) is 9.44. The molecular formula is C14H27N3O3. The molecule has 0 atom stereocenters. The summed E-state index contributed by atoms with van der Waals surface area (Å²) >= 11 is 0. The molecule has 0 saturated carbocycles. The summed E-state index contributed by atoms with van der Waals surface area (Å²) in [5, 5.41) is 4.90. The van der Waals surface area contributed by atoms with Gasteiger partial charge in [-0.3, -0.25) is 14.4 Å². The Balaban J connectivity index is 4.15. The Morgan fingerprint density at radius 1 is 1.00 bits per heavy atom. The fraction of sp³-hybridized carbons (Fsp3) is 0.786. The molecule has 0 aliphatic heterocycles. The molecule has 116 valence electrons. The summed E-state index contributed by atoms with van der Waals surface area (Å²) in [6.07, 6.45) is 2.07. The predicted molar refractivity (Wildman–Crippen MR) is 78.0 cm³/mol. The van der Waals surface area contributed by atoms with E-state index in [4.69, 9.17) is 0 Å². The van der Waals surface area contributed by atoms with E-state index in [1.165, 1.54) is 6.92 Å². The van der Waals surface area contributed by atoms with Crippen molar-refractivity contribution >= 4 is 17.7 Å². The van der Waals surface area contributed by atoms with Crippen LogP contribution in [0.5, 0.6) is 0 Å². The van der Waals surface area contributed by atoms with E-state index in [1.54, 1.807) is 4.90 Å². The third-order valence-electron chi connectivity index (χ3n) is 3.30. The van der Waals surface area contributed by atoms with Crippen LogP contribution in [0, 0.1) is 5.92 Å². The zero-order valence-electron chi connectivity index (χ0n) is 13.0. The number of hydrogen-bond acceptors (Lipinski definition) is 3. The zero-order chi connectivity index (χ0) is 15.5. The Kier molecular flexibility index (Phi) is 9.41. The normalized spacial score (nSPS) is 10.2. The molecule has 3 amide bonds. The van der Waals surface area contributed by atoms with Crippen LogP contribution in [0.25, 0.3) is 0 Å². The quantitative estimate of drug-likeness (QED) is 0.648. The first-order valence-electron chi connectivity index (χ1n) is 7.23. The second-order valence-corrected chi connectivity index (χ2v) is 4.80. The Labute approximate surface area is 121 Å². The second-order valence-electron chi connectivity index (χ2n) is 4.80. The largest absolute Gasteiger partial charge is 0.347 e. The summed E-state index contributed by atoms with van der Waals surface area (Å²) in [7, 11) is 0. The Morgan fingerprint density at radius 2 is 1.60 bits per heavy atom. The summed E-state index contributed by atoms with van der Waals surface area (Å²) in [5.74, 6) is -0.216. The van der Waals surface area contributed by atoms with Gasteiger partial charge in [-0.25, -0.2) is 0 Å². The summed E-state index contributed by atoms with van der Waals surface area (Å²) in [6, 6.07) is 0. The van der Waals surface area contributed by atoms with E-state index in [0.29, 0.717) is 12.5 Å². The molecule has 0 bridgehead atoms. The van der Waals surface area contributed by atoms with Crippen molar-refractivity contribution < 1.29 is 14.4 Å². The third kappa shape index (κ3) is 7.76. The van der Waals surface area contributed by atoms with Crippen molar-refractivity contribution in [2.75, 3.05) is 26.2 Å². The fourth-order valence-electron chi connectivity index (χ4n) is 1.82. The Bertz CT molecular complexity index is 328. The van der Waals surface area contributed by atoms with Gasteiger partial charge in [0, 0.05) is 20.0 Å². The van der Waals surface area contributed by atoms with E-state index >= 15 is 0 Å². The lowest BCUT2D eigenvalue weighted by molar-refractivity contribution is -0.133. The highest BCUT2D eigenvalue weighted by molar-refractivity contribution is 5.87. The van der Waals surface area contributed by atoms with Crippen molar-refractivity contribution in [2.45, 2.75) is 40.5 Å².